The topological polar surface area (TPSA) is 18.5 Å². The van der Waals surface area contributed by atoms with Gasteiger partial charge in [-0.05, 0) is 70.1 Å². The van der Waals surface area contributed by atoms with Gasteiger partial charge in [0, 0.05) is 13.7 Å². The van der Waals surface area contributed by atoms with Crippen molar-refractivity contribution in [2.45, 2.75) is 103 Å². The highest BCUT2D eigenvalue weighted by Crippen LogP contribution is 2.46. The van der Waals surface area contributed by atoms with Gasteiger partial charge in [0.05, 0.1) is 11.7 Å². The van der Waals surface area contributed by atoms with Gasteiger partial charge in [-0.15, -0.1) is 0 Å². The van der Waals surface area contributed by atoms with Gasteiger partial charge in [-0.25, -0.2) is 0 Å². The van der Waals surface area contributed by atoms with Crippen molar-refractivity contribution in [1.29, 1.82) is 0 Å². The van der Waals surface area contributed by atoms with E-state index in [1.54, 1.807) is 0 Å². The predicted molar refractivity (Wildman–Crippen MR) is 93.2 cm³/mol. The Balaban J connectivity index is 1.79. The lowest BCUT2D eigenvalue weighted by Gasteiger charge is -2.47. The summed E-state index contributed by atoms with van der Waals surface area (Å²) in [5.74, 6) is 1.74. The summed E-state index contributed by atoms with van der Waals surface area (Å²) in [6, 6.07) is 0. The van der Waals surface area contributed by atoms with E-state index in [2.05, 4.69) is 13.8 Å². The molecule has 22 heavy (non-hydrogen) atoms. The van der Waals surface area contributed by atoms with Gasteiger partial charge in [0.15, 0.2) is 0 Å². The summed E-state index contributed by atoms with van der Waals surface area (Å²) in [7, 11) is 1.96. The van der Waals surface area contributed by atoms with Crippen molar-refractivity contribution in [2.75, 3.05) is 13.7 Å². The Morgan fingerprint density at radius 2 is 1.59 bits per heavy atom. The van der Waals surface area contributed by atoms with E-state index in [-0.39, 0.29) is 5.60 Å². The minimum absolute atomic E-state index is 0.193. The largest absolute Gasteiger partial charge is 0.379 e. The first-order chi connectivity index (χ1) is 10.7. The van der Waals surface area contributed by atoms with Crippen LogP contribution in [0.15, 0.2) is 0 Å². The van der Waals surface area contributed by atoms with Crippen molar-refractivity contribution in [1.82, 2.24) is 0 Å². The highest BCUT2D eigenvalue weighted by molar-refractivity contribution is 4.95. The van der Waals surface area contributed by atoms with Crippen molar-refractivity contribution in [2.24, 2.45) is 11.8 Å². The zero-order chi connectivity index (χ0) is 15.8. The molecule has 0 aliphatic heterocycles. The molecule has 0 N–H and O–H groups in total. The second-order valence-electron chi connectivity index (χ2n) is 7.64. The van der Waals surface area contributed by atoms with Crippen molar-refractivity contribution < 1.29 is 9.47 Å². The van der Waals surface area contributed by atoms with Gasteiger partial charge < -0.3 is 9.47 Å². The van der Waals surface area contributed by atoms with Crippen LogP contribution in [0, 0.1) is 11.8 Å². The van der Waals surface area contributed by atoms with Crippen molar-refractivity contribution in [3.8, 4) is 0 Å². The summed E-state index contributed by atoms with van der Waals surface area (Å²) in [6.07, 6.45) is 16.6. The molecule has 2 nitrogen and oxygen atoms in total. The molecule has 0 amide bonds. The highest BCUT2D eigenvalue weighted by Gasteiger charge is 2.43. The minimum Gasteiger partial charge on any atom is -0.379 e. The number of hydrogen-bond donors (Lipinski definition) is 0. The van der Waals surface area contributed by atoms with E-state index >= 15 is 0 Å². The van der Waals surface area contributed by atoms with E-state index in [4.69, 9.17) is 9.47 Å². The maximum absolute atomic E-state index is 6.15. The van der Waals surface area contributed by atoms with Crippen LogP contribution in [0.3, 0.4) is 0 Å². The maximum Gasteiger partial charge on any atom is 0.0707 e. The summed E-state index contributed by atoms with van der Waals surface area (Å²) < 4.78 is 12.0. The van der Waals surface area contributed by atoms with Crippen LogP contribution < -0.4 is 0 Å². The number of rotatable bonds is 8. The number of methoxy groups -OCH3 is 1. The summed E-state index contributed by atoms with van der Waals surface area (Å²) in [5, 5.41) is 0. The van der Waals surface area contributed by atoms with E-state index in [1.807, 2.05) is 7.11 Å². The summed E-state index contributed by atoms with van der Waals surface area (Å²) in [4.78, 5) is 0. The zero-order valence-electron chi connectivity index (χ0n) is 15.2. The number of unbranched alkanes of at least 4 members (excludes halogenated alkanes) is 2. The van der Waals surface area contributed by atoms with Gasteiger partial charge in [0.25, 0.3) is 0 Å². The van der Waals surface area contributed by atoms with Crippen LogP contribution in [0.1, 0.15) is 90.9 Å². The molecule has 0 spiro atoms. The Morgan fingerprint density at radius 3 is 2.14 bits per heavy atom. The SMILES string of the molecule is CCCCC[C@H]1CC[C@@](OC)([C@H]2CC[C@H](OCC)CC2)CC1. The molecule has 0 aromatic carbocycles. The molecule has 2 fully saturated rings. The Hall–Kier alpha value is -0.0800. The van der Waals surface area contributed by atoms with Crippen molar-refractivity contribution in [3.63, 3.8) is 0 Å². The Bertz CT molecular complexity index is 286. The molecule has 0 heterocycles. The Morgan fingerprint density at radius 1 is 0.909 bits per heavy atom. The number of ether oxygens (including phenoxy) is 2. The fourth-order valence-corrected chi connectivity index (χ4v) is 4.91. The zero-order valence-corrected chi connectivity index (χ0v) is 15.2. The average molecular weight is 311 g/mol. The smallest absolute Gasteiger partial charge is 0.0707 e. The molecule has 2 heteroatoms. The lowest BCUT2D eigenvalue weighted by atomic mass is 9.66. The van der Waals surface area contributed by atoms with E-state index in [1.165, 1.54) is 77.0 Å². The monoisotopic (exact) mass is 310 g/mol. The average Bonchev–Trinajstić information content (AvgIpc) is 2.57. The van der Waals surface area contributed by atoms with E-state index in [9.17, 15) is 0 Å². The lowest BCUT2D eigenvalue weighted by molar-refractivity contribution is -0.112. The van der Waals surface area contributed by atoms with Gasteiger partial charge in [-0.2, -0.15) is 0 Å². The summed E-state index contributed by atoms with van der Waals surface area (Å²) >= 11 is 0. The lowest BCUT2D eigenvalue weighted by Crippen LogP contribution is -2.45. The van der Waals surface area contributed by atoms with Gasteiger partial charge in [0.2, 0.25) is 0 Å². The normalized spacial score (nSPS) is 36.4. The fraction of sp³-hybridized carbons (Fsp3) is 1.00. The fourth-order valence-electron chi connectivity index (χ4n) is 4.91. The Labute approximate surface area is 138 Å². The molecular formula is C20H38O2. The third-order valence-electron chi connectivity index (χ3n) is 6.39. The van der Waals surface area contributed by atoms with Crippen LogP contribution in [0.25, 0.3) is 0 Å². The van der Waals surface area contributed by atoms with Gasteiger partial charge >= 0.3 is 0 Å². The van der Waals surface area contributed by atoms with Crippen LogP contribution >= 0.6 is 0 Å². The molecule has 2 aliphatic carbocycles. The van der Waals surface area contributed by atoms with Crippen LogP contribution in [0.4, 0.5) is 0 Å². The van der Waals surface area contributed by atoms with Gasteiger partial charge in [0.1, 0.15) is 0 Å². The second kappa shape index (κ2) is 9.27. The molecule has 0 saturated heterocycles. The van der Waals surface area contributed by atoms with Crippen molar-refractivity contribution >= 4 is 0 Å². The molecule has 2 aliphatic rings. The molecule has 2 saturated carbocycles. The molecule has 130 valence electrons. The van der Waals surface area contributed by atoms with Crippen LogP contribution in [-0.2, 0) is 9.47 Å². The first-order valence-corrected chi connectivity index (χ1v) is 9.90. The van der Waals surface area contributed by atoms with Crippen molar-refractivity contribution in [3.05, 3.63) is 0 Å². The minimum atomic E-state index is 0.193. The first kappa shape index (κ1) is 18.3. The first-order valence-electron chi connectivity index (χ1n) is 9.90. The van der Waals surface area contributed by atoms with E-state index in [0.29, 0.717) is 6.10 Å². The number of hydrogen-bond acceptors (Lipinski definition) is 2. The third kappa shape index (κ3) is 4.71. The molecule has 0 bridgehead atoms. The second-order valence-corrected chi connectivity index (χ2v) is 7.64. The third-order valence-corrected chi connectivity index (χ3v) is 6.39. The van der Waals surface area contributed by atoms with Gasteiger partial charge in [-0.3, -0.25) is 0 Å². The molecule has 0 atom stereocenters. The van der Waals surface area contributed by atoms with Gasteiger partial charge in [-0.1, -0.05) is 32.6 Å². The summed E-state index contributed by atoms with van der Waals surface area (Å²) in [5.41, 5.74) is 0.193. The molecule has 2 rings (SSSR count). The predicted octanol–water partition coefficient (Wildman–Crippen LogP) is 5.74. The van der Waals surface area contributed by atoms with E-state index in [0.717, 1.165) is 18.4 Å². The molecule has 0 aromatic rings. The summed E-state index contributed by atoms with van der Waals surface area (Å²) in [6.45, 7) is 5.28. The van der Waals surface area contributed by atoms with Crippen LogP contribution in [0.5, 0.6) is 0 Å². The maximum atomic E-state index is 6.15. The Kier molecular flexibility index (Phi) is 7.70. The quantitative estimate of drug-likeness (QED) is 0.532. The molecule has 0 aromatic heterocycles. The van der Waals surface area contributed by atoms with E-state index < -0.39 is 0 Å². The standard InChI is InChI=1S/C20H38O2/c1-4-6-7-8-17-13-15-20(21-3,16-14-17)18-9-11-19(12-10-18)22-5-2/h17-19H,4-16H2,1-3H3/t17-,18-,19-,20-. The molecular weight excluding hydrogens is 272 g/mol. The molecule has 0 radical (unpaired) electrons. The van der Waals surface area contributed by atoms with Crippen LogP contribution in [-0.4, -0.2) is 25.4 Å². The van der Waals surface area contributed by atoms with Crippen LogP contribution in [0.2, 0.25) is 0 Å². The highest BCUT2D eigenvalue weighted by atomic mass is 16.5. The molecule has 0 unspecified atom stereocenters.